The van der Waals surface area contributed by atoms with Crippen LogP contribution in [0.1, 0.15) is 40.8 Å². The van der Waals surface area contributed by atoms with Gasteiger partial charge in [-0.3, -0.25) is 0 Å². The van der Waals surface area contributed by atoms with Crippen LogP contribution >= 0.6 is 11.3 Å². The van der Waals surface area contributed by atoms with E-state index in [0.717, 1.165) is 25.7 Å². The summed E-state index contributed by atoms with van der Waals surface area (Å²) in [4.78, 5) is 4.25. The second-order valence-corrected chi connectivity index (χ2v) is 13.8. The van der Waals surface area contributed by atoms with Crippen molar-refractivity contribution in [3.63, 3.8) is 0 Å². The van der Waals surface area contributed by atoms with Gasteiger partial charge in [-0.1, -0.05) is 121 Å². The number of aryl methyl sites for hydroxylation is 1. The molecule has 1 aliphatic heterocycles. The highest BCUT2D eigenvalue weighted by molar-refractivity contribution is 7.19. The molecule has 44 heavy (non-hydrogen) atoms. The molecule has 0 bridgehead atoms. The van der Waals surface area contributed by atoms with E-state index in [2.05, 4.69) is 145 Å². The van der Waals surface area contributed by atoms with Crippen LogP contribution in [0.5, 0.6) is 0 Å². The Morgan fingerprint density at radius 2 is 1.55 bits per heavy atom. The van der Waals surface area contributed by atoms with E-state index < -0.39 is 0 Å². The van der Waals surface area contributed by atoms with Gasteiger partial charge in [0.2, 0.25) is 0 Å². The number of fused-ring (bicyclic) bond motifs is 6. The molecule has 0 N–H and O–H groups in total. The first kappa shape index (κ1) is 26.0. The molecule has 1 aromatic heterocycles. The first-order valence-electron chi connectivity index (χ1n) is 16.1. The zero-order valence-electron chi connectivity index (χ0n) is 24.8. The quantitative estimate of drug-likeness (QED) is 0.230. The van der Waals surface area contributed by atoms with Gasteiger partial charge in [-0.15, -0.1) is 11.3 Å². The zero-order chi connectivity index (χ0) is 29.0. The molecule has 0 spiro atoms. The molecule has 1 saturated heterocycles. The number of hydrogen-bond donors (Lipinski definition) is 0. The Morgan fingerprint density at radius 3 is 2.45 bits per heavy atom. The van der Waals surface area contributed by atoms with Gasteiger partial charge in [0, 0.05) is 32.5 Å². The molecule has 4 unspecified atom stereocenters. The molecule has 5 aliphatic rings. The van der Waals surface area contributed by atoms with Crippen molar-refractivity contribution >= 4 is 44.3 Å². The second-order valence-electron chi connectivity index (χ2n) is 12.6. The van der Waals surface area contributed by atoms with Gasteiger partial charge in [-0.2, -0.15) is 0 Å². The fourth-order valence-corrected chi connectivity index (χ4v) is 9.40. The summed E-state index contributed by atoms with van der Waals surface area (Å²) in [5.41, 5.74) is 10.9. The smallest absolute Gasteiger partial charge is 0.0552 e. The molecule has 214 valence electrons. The van der Waals surface area contributed by atoms with Gasteiger partial charge < -0.3 is 4.90 Å². The van der Waals surface area contributed by atoms with Crippen LogP contribution in [0.3, 0.4) is 0 Å². The fourth-order valence-electron chi connectivity index (χ4n) is 8.06. The van der Waals surface area contributed by atoms with Crippen molar-refractivity contribution in [1.29, 1.82) is 0 Å². The van der Waals surface area contributed by atoms with Crippen LogP contribution in [0.2, 0.25) is 0 Å². The lowest BCUT2D eigenvalue weighted by Crippen LogP contribution is -2.37. The van der Waals surface area contributed by atoms with E-state index >= 15 is 0 Å². The second kappa shape index (κ2) is 10.6. The van der Waals surface area contributed by atoms with E-state index in [1.54, 1.807) is 4.88 Å². The van der Waals surface area contributed by atoms with E-state index in [-0.39, 0.29) is 0 Å². The van der Waals surface area contributed by atoms with E-state index in [1.807, 2.05) is 11.3 Å². The number of allylic oxidation sites excluding steroid dienone is 9. The number of hydrogen-bond acceptors (Lipinski definition) is 2. The molecule has 4 aromatic rings. The SMILES string of the molecule is C1=CCCC(c2cc(-c3ccccc3)cc(N3C4C=CC=CC4C4C=C(c5cccc6c7c(sc56)CCC=C7)C=CC43)c2)=C1. The summed E-state index contributed by atoms with van der Waals surface area (Å²) in [5, 5.41) is 1.42. The first-order chi connectivity index (χ1) is 21.8. The van der Waals surface area contributed by atoms with Crippen LogP contribution in [-0.4, -0.2) is 12.1 Å². The number of anilines is 1. The standard InChI is InChI=1S/C42H35NS/c1-3-12-28(13-4-1)31-24-32(29-14-5-2-6-15-29)26-33(25-31)43-39-20-9-7-16-35(39)38-27-30(22-23-40(38)43)34-18-11-19-37-36-17-8-10-21-41(36)44-42(34)37/h1-5,7-9,11-14,16-20,22-27,35,38-40H,6,10,15,21H2. The van der Waals surface area contributed by atoms with Crippen LogP contribution in [0.25, 0.3) is 38.4 Å². The lowest BCUT2D eigenvalue weighted by atomic mass is 9.80. The van der Waals surface area contributed by atoms with Gasteiger partial charge in [0.05, 0.1) is 12.1 Å². The maximum Gasteiger partial charge on any atom is 0.0552 e. The van der Waals surface area contributed by atoms with Crippen molar-refractivity contribution < 1.29 is 0 Å². The van der Waals surface area contributed by atoms with Crippen molar-refractivity contribution in [2.24, 2.45) is 11.8 Å². The Hall–Kier alpha value is -4.40. The largest absolute Gasteiger partial charge is 0.357 e. The third-order valence-corrected chi connectivity index (χ3v) is 11.5. The third kappa shape index (κ3) is 4.27. The van der Waals surface area contributed by atoms with Crippen LogP contribution in [0, 0.1) is 11.8 Å². The molecule has 0 amide bonds. The highest BCUT2D eigenvalue weighted by atomic mass is 32.1. The summed E-state index contributed by atoms with van der Waals surface area (Å²) >= 11 is 2.01. The van der Waals surface area contributed by atoms with Gasteiger partial charge in [-0.05, 0) is 82.8 Å². The number of nitrogens with zero attached hydrogens (tertiary/aromatic N) is 1. The Balaban J connectivity index is 1.15. The lowest BCUT2D eigenvalue weighted by molar-refractivity contribution is 0.528. The van der Waals surface area contributed by atoms with Crippen LogP contribution in [0.15, 0.2) is 134 Å². The van der Waals surface area contributed by atoms with Crippen molar-refractivity contribution in [3.05, 3.63) is 155 Å². The molecule has 1 nitrogen and oxygen atoms in total. The Bertz CT molecular complexity index is 1990. The van der Waals surface area contributed by atoms with Crippen molar-refractivity contribution in [2.75, 3.05) is 4.90 Å². The summed E-state index contributed by atoms with van der Waals surface area (Å²) in [6, 6.07) is 25.7. The van der Waals surface area contributed by atoms with Gasteiger partial charge >= 0.3 is 0 Å². The van der Waals surface area contributed by atoms with E-state index in [1.165, 1.54) is 54.7 Å². The van der Waals surface area contributed by atoms with Gasteiger partial charge in [0.1, 0.15) is 0 Å². The van der Waals surface area contributed by atoms with E-state index in [4.69, 9.17) is 0 Å². The molecule has 4 aliphatic carbocycles. The predicted molar refractivity (Wildman–Crippen MR) is 190 cm³/mol. The molecule has 4 atom stereocenters. The molecule has 3 aromatic carbocycles. The fraction of sp³-hybridized carbons (Fsp3) is 0.190. The molecule has 9 rings (SSSR count). The average molecular weight is 586 g/mol. The number of thiophene rings is 1. The first-order valence-corrected chi connectivity index (χ1v) is 16.9. The molecule has 0 radical (unpaired) electrons. The minimum Gasteiger partial charge on any atom is -0.357 e. The highest BCUT2D eigenvalue weighted by Gasteiger charge is 2.46. The Morgan fingerprint density at radius 1 is 0.682 bits per heavy atom. The minimum atomic E-state index is 0.305. The number of rotatable bonds is 4. The average Bonchev–Trinajstić information content (AvgIpc) is 3.64. The normalized spacial score (nSPS) is 24.7. The van der Waals surface area contributed by atoms with Crippen molar-refractivity contribution in [3.8, 4) is 11.1 Å². The Kier molecular flexibility index (Phi) is 6.30. The lowest BCUT2D eigenvalue weighted by Gasteiger charge is -2.33. The van der Waals surface area contributed by atoms with E-state index in [9.17, 15) is 0 Å². The third-order valence-electron chi connectivity index (χ3n) is 10.1. The van der Waals surface area contributed by atoms with Crippen molar-refractivity contribution in [1.82, 2.24) is 0 Å². The zero-order valence-corrected chi connectivity index (χ0v) is 25.6. The molecule has 2 heterocycles. The number of benzene rings is 3. The van der Waals surface area contributed by atoms with Crippen molar-refractivity contribution in [2.45, 2.75) is 37.8 Å². The van der Waals surface area contributed by atoms with E-state index in [0.29, 0.717) is 23.9 Å². The van der Waals surface area contributed by atoms with Crippen LogP contribution < -0.4 is 4.90 Å². The highest BCUT2D eigenvalue weighted by Crippen LogP contribution is 2.48. The molecular formula is C42H35NS. The summed E-state index contributed by atoms with van der Waals surface area (Å²) in [7, 11) is 0. The summed E-state index contributed by atoms with van der Waals surface area (Å²) in [6.45, 7) is 0. The summed E-state index contributed by atoms with van der Waals surface area (Å²) in [5.74, 6) is 0.843. The van der Waals surface area contributed by atoms with Gasteiger partial charge in [-0.25, -0.2) is 0 Å². The molecule has 0 saturated carbocycles. The Labute approximate surface area is 264 Å². The summed E-state index contributed by atoms with van der Waals surface area (Å²) < 4.78 is 1.44. The molecule has 1 fully saturated rings. The van der Waals surface area contributed by atoms with Crippen LogP contribution in [-0.2, 0) is 6.42 Å². The monoisotopic (exact) mass is 585 g/mol. The molecular weight excluding hydrogens is 551 g/mol. The predicted octanol–water partition coefficient (Wildman–Crippen LogP) is 10.8. The van der Waals surface area contributed by atoms with Gasteiger partial charge in [0.25, 0.3) is 0 Å². The summed E-state index contributed by atoms with van der Waals surface area (Å²) in [6.07, 6.45) is 32.9. The van der Waals surface area contributed by atoms with Crippen LogP contribution in [0.4, 0.5) is 5.69 Å². The minimum absolute atomic E-state index is 0.305. The maximum atomic E-state index is 2.71. The van der Waals surface area contributed by atoms with Gasteiger partial charge in [0.15, 0.2) is 0 Å². The molecule has 2 heteroatoms. The topological polar surface area (TPSA) is 3.24 Å². The maximum absolute atomic E-state index is 2.71.